The zero-order valence-corrected chi connectivity index (χ0v) is 6.09. The minimum Gasteiger partial charge on any atom is -0.501 e. The van der Waals surface area contributed by atoms with E-state index >= 15 is 0 Å². The highest BCUT2D eigenvalue weighted by Gasteiger charge is 1.98. The van der Waals surface area contributed by atoms with Crippen molar-refractivity contribution in [2.24, 2.45) is 0 Å². The van der Waals surface area contributed by atoms with Gasteiger partial charge in [0.1, 0.15) is 12.5 Å². The molecule has 0 aliphatic heterocycles. The molecule has 0 aromatic carbocycles. The number of methoxy groups -OCH3 is 1. The fourth-order valence-electron chi connectivity index (χ4n) is 0.246. The van der Waals surface area contributed by atoms with E-state index in [4.69, 9.17) is 0 Å². The predicted molar refractivity (Wildman–Crippen MR) is 37.1 cm³/mol. The fraction of sp³-hybridized carbons (Fsp3) is 0.286. The Labute approximate surface area is 59.9 Å². The standard InChI is InChI=1S/C7H10O3/c1-6(2)7(8)10-5-4-9-3/h4-5H,1H2,2-3H3/b5-4-. The van der Waals surface area contributed by atoms with Crippen LogP contribution >= 0.6 is 0 Å². The molecule has 0 aromatic rings. The van der Waals surface area contributed by atoms with Gasteiger partial charge in [0, 0.05) is 5.57 Å². The molecule has 0 aliphatic carbocycles. The van der Waals surface area contributed by atoms with Gasteiger partial charge in [-0.15, -0.1) is 0 Å². The van der Waals surface area contributed by atoms with Crippen molar-refractivity contribution in [2.45, 2.75) is 6.92 Å². The van der Waals surface area contributed by atoms with Gasteiger partial charge < -0.3 is 9.47 Å². The first kappa shape index (κ1) is 8.75. The highest BCUT2D eigenvalue weighted by molar-refractivity contribution is 5.87. The average Bonchev–Trinajstić information content (AvgIpc) is 1.88. The van der Waals surface area contributed by atoms with Gasteiger partial charge in [-0.2, -0.15) is 0 Å². The van der Waals surface area contributed by atoms with E-state index in [0.717, 1.165) is 6.26 Å². The molecule has 0 saturated carbocycles. The van der Waals surface area contributed by atoms with Gasteiger partial charge in [0.05, 0.1) is 7.11 Å². The summed E-state index contributed by atoms with van der Waals surface area (Å²) >= 11 is 0. The molecule has 0 fully saturated rings. The number of esters is 1. The van der Waals surface area contributed by atoms with E-state index < -0.39 is 5.97 Å². The highest BCUT2D eigenvalue weighted by Crippen LogP contribution is 1.91. The van der Waals surface area contributed by atoms with Gasteiger partial charge in [-0.05, 0) is 6.92 Å². The molecule has 0 rings (SSSR count). The normalized spacial score (nSPS) is 9.40. The van der Waals surface area contributed by atoms with Crippen LogP contribution in [-0.4, -0.2) is 13.1 Å². The van der Waals surface area contributed by atoms with Crippen molar-refractivity contribution >= 4 is 5.97 Å². The predicted octanol–water partition coefficient (Wildman–Crippen LogP) is 1.22. The number of hydrogen-bond donors (Lipinski definition) is 0. The van der Waals surface area contributed by atoms with E-state index in [-0.39, 0.29) is 0 Å². The third-order valence-corrected chi connectivity index (χ3v) is 0.715. The first-order valence-electron chi connectivity index (χ1n) is 2.72. The van der Waals surface area contributed by atoms with Gasteiger partial charge in [0.2, 0.25) is 0 Å². The largest absolute Gasteiger partial charge is 0.501 e. The molecule has 0 unspecified atom stereocenters. The van der Waals surface area contributed by atoms with Crippen LogP contribution in [0, 0.1) is 0 Å². The summed E-state index contributed by atoms with van der Waals surface area (Å²) in [5, 5.41) is 0. The van der Waals surface area contributed by atoms with Crippen LogP contribution in [0.5, 0.6) is 0 Å². The Morgan fingerprint density at radius 3 is 2.50 bits per heavy atom. The average molecular weight is 142 g/mol. The zero-order valence-electron chi connectivity index (χ0n) is 6.09. The van der Waals surface area contributed by atoms with Crippen molar-refractivity contribution in [1.82, 2.24) is 0 Å². The molecule has 3 heteroatoms. The molecule has 0 saturated heterocycles. The Bertz CT molecular complexity index is 158. The lowest BCUT2D eigenvalue weighted by Gasteiger charge is -1.94. The summed E-state index contributed by atoms with van der Waals surface area (Å²) in [6, 6.07) is 0. The summed E-state index contributed by atoms with van der Waals surface area (Å²) < 4.78 is 8.98. The fourth-order valence-corrected chi connectivity index (χ4v) is 0.246. The second-order valence-corrected chi connectivity index (χ2v) is 1.69. The van der Waals surface area contributed by atoms with Crippen LogP contribution in [0.2, 0.25) is 0 Å². The Morgan fingerprint density at radius 2 is 2.10 bits per heavy atom. The number of ether oxygens (including phenoxy) is 2. The second kappa shape index (κ2) is 4.61. The Morgan fingerprint density at radius 1 is 1.50 bits per heavy atom. The van der Waals surface area contributed by atoms with Gasteiger partial charge >= 0.3 is 5.97 Å². The molecule has 56 valence electrons. The minimum atomic E-state index is -0.451. The van der Waals surface area contributed by atoms with Crippen LogP contribution in [0.3, 0.4) is 0 Å². The topological polar surface area (TPSA) is 35.5 Å². The molecule has 0 spiro atoms. The van der Waals surface area contributed by atoms with Crippen molar-refractivity contribution in [2.75, 3.05) is 7.11 Å². The maximum Gasteiger partial charge on any atom is 0.338 e. The first-order chi connectivity index (χ1) is 4.68. The zero-order chi connectivity index (χ0) is 7.98. The molecule has 0 radical (unpaired) electrons. The summed E-state index contributed by atoms with van der Waals surface area (Å²) in [6.07, 6.45) is 2.43. The second-order valence-electron chi connectivity index (χ2n) is 1.69. The summed E-state index contributed by atoms with van der Waals surface area (Å²) in [4.78, 5) is 10.6. The van der Waals surface area contributed by atoms with Crippen LogP contribution in [0.4, 0.5) is 0 Å². The lowest BCUT2D eigenvalue weighted by Crippen LogP contribution is -1.98. The van der Waals surface area contributed by atoms with Gasteiger partial charge in [0.25, 0.3) is 0 Å². The van der Waals surface area contributed by atoms with Crippen LogP contribution in [0.1, 0.15) is 6.92 Å². The molecule has 0 aromatic heterocycles. The molecule has 0 heterocycles. The Kier molecular flexibility index (Phi) is 4.04. The van der Waals surface area contributed by atoms with Crippen molar-refractivity contribution < 1.29 is 14.3 Å². The monoisotopic (exact) mass is 142 g/mol. The molecule has 0 bridgehead atoms. The lowest BCUT2D eigenvalue weighted by atomic mass is 10.4. The van der Waals surface area contributed by atoms with Crippen LogP contribution in [0.25, 0.3) is 0 Å². The van der Waals surface area contributed by atoms with Crippen LogP contribution in [0.15, 0.2) is 24.7 Å². The van der Waals surface area contributed by atoms with E-state index in [0.29, 0.717) is 5.57 Å². The molecule has 3 nitrogen and oxygen atoms in total. The molecule has 0 N–H and O–H groups in total. The third-order valence-electron chi connectivity index (χ3n) is 0.715. The SMILES string of the molecule is C=C(C)C(=O)O/C=C\OC. The van der Waals surface area contributed by atoms with Crippen molar-refractivity contribution in [3.63, 3.8) is 0 Å². The van der Waals surface area contributed by atoms with Gasteiger partial charge in [0.15, 0.2) is 0 Å². The third kappa shape index (κ3) is 3.72. The quantitative estimate of drug-likeness (QED) is 0.337. The smallest absolute Gasteiger partial charge is 0.338 e. The van der Waals surface area contributed by atoms with Crippen molar-refractivity contribution in [3.8, 4) is 0 Å². The van der Waals surface area contributed by atoms with E-state index in [2.05, 4.69) is 16.1 Å². The minimum absolute atomic E-state index is 0.362. The summed E-state index contributed by atoms with van der Waals surface area (Å²) in [5.41, 5.74) is 0.362. The van der Waals surface area contributed by atoms with Gasteiger partial charge in [-0.1, -0.05) is 6.58 Å². The van der Waals surface area contributed by atoms with Gasteiger partial charge in [-0.25, -0.2) is 4.79 Å². The summed E-state index contributed by atoms with van der Waals surface area (Å²) in [7, 11) is 1.46. The lowest BCUT2D eigenvalue weighted by molar-refractivity contribution is -0.133. The van der Waals surface area contributed by atoms with Crippen LogP contribution in [-0.2, 0) is 14.3 Å². The van der Waals surface area contributed by atoms with E-state index in [1.807, 2.05) is 0 Å². The van der Waals surface area contributed by atoms with E-state index in [9.17, 15) is 4.79 Å². The summed E-state index contributed by atoms with van der Waals surface area (Å²) in [6.45, 7) is 4.96. The molecule has 0 amide bonds. The maximum absolute atomic E-state index is 10.6. The molecular weight excluding hydrogens is 132 g/mol. The highest BCUT2D eigenvalue weighted by atomic mass is 16.5. The van der Waals surface area contributed by atoms with Crippen molar-refractivity contribution in [3.05, 3.63) is 24.7 Å². The van der Waals surface area contributed by atoms with E-state index in [1.54, 1.807) is 6.92 Å². The summed E-state index contributed by atoms with van der Waals surface area (Å²) in [5.74, 6) is -0.451. The van der Waals surface area contributed by atoms with Crippen LogP contribution < -0.4 is 0 Å². The van der Waals surface area contributed by atoms with Gasteiger partial charge in [-0.3, -0.25) is 0 Å². The van der Waals surface area contributed by atoms with E-state index in [1.165, 1.54) is 13.4 Å². The number of carbonyl (C=O) groups excluding carboxylic acids is 1. The number of carbonyl (C=O) groups is 1. The van der Waals surface area contributed by atoms with Crippen molar-refractivity contribution in [1.29, 1.82) is 0 Å². The molecule has 0 atom stereocenters. The Balaban J connectivity index is 3.60. The maximum atomic E-state index is 10.6. The molecule has 10 heavy (non-hydrogen) atoms. The number of rotatable bonds is 3. The number of hydrogen-bond acceptors (Lipinski definition) is 3. The first-order valence-corrected chi connectivity index (χ1v) is 2.72. The molecule has 0 aliphatic rings. The Hall–Kier alpha value is -1.25. The molecular formula is C7H10O3.